The van der Waals surface area contributed by atoms with Gasteiger partial charge < -0.3 is 20.1 Å². The van der Waals surface area contributed by atoms with Gasteiger partial charge in [0, 0.05) is 25.9 Å². The maximum absolute atomic E-state index is 12.8. The molecule has 1 aliphatic rings. The van der Waals surface area contributed by atoms with Crippen LogP contribution in [0.4, 0.5) is 4.79 Å². The third-order valence-corrected chi connectivity index (χ3v) is 5.75. The summed E-state index contributed by atoms with van der Waals surface area (Å²) in [4.78, 5) is 37.4. The Kier molecular flexibility index (Phi) is 8.03. The second kappa shape index (κ2) is 11.1. The number of ether oxygens (including phenoxy) is 1. The van der Waals surface area contributed by atoms with Gasteiger partial charge in [0.05, 0.1) is 12.5 Å². The molecule has 0 saturated heterocycles. The fourth-order valence-electron chi connectivity index (χ4n) is 4.06. The van der Waals surface area contributed by atoms with Crippen molar-refractivity contribution in [2.45, 2.75) is 37.6 Å². The van der Waals surface area contributed by atoms with Gasteiger partial charge in [-0.3, -0.25) is 9.59 Å². The summed E-state index contributed by atoms with van der Waals surface area (Å²) in [7, 11) is 1.49. The van der Waals surface area contributed by atoms with E-state index in [2.05, 4.69) is 5.32 Å². The first kappa shape index (κ1) is 23.8. The van der Waals surface area contributed by atoms with Crippen LogP contribution in [0.5, 0.6) is 0 Å². The summed E-state index contributed by atoms with van der Waals surface area (Å²) in [6.07, 6.45) is 0.00328. The molecule has 8 heteroatoms. The molecule has 2 N–H and O–H groups in total. The summed E-state index contributed by atoms with van der Waals surface area (Å²) in [6, 6.07) is 17.1. The molecule has 0 aromatic heterocycles. The molecule has 1 aliphatic carbocycles. The van der Waals surface area contributed by atoms with Crippen molar-refractivity contribution < 1.29 is 24.2 Å². The normalized spacial score (nSPS) is 12.7. The van der Waals surface area contributed by atoms with Crippen molar-refractivity contribution >= 4 is 18.0 Å². The molecule has 2 aromatic carbocycles. The van der Waals surface area contributed by atoms with Crippen molar-refractivity contribution in [2.24, 2.45) is 0 Å². The topological polar surface area (TPSA) is 120 Å². The SMILES string of the molecule is CN(CCC(=O)O)C(=O)C(CCCC#N)NC(=O)OCC1c2ccccc2-c2ccccc21. The molecule has 0 aliphatic heterocycles. The van der Waals surface area contributed by atoms with Crippen molar-refractivity contribution in [3.63, 3.8) is 0 Å². The molecular formula is C25H27N3O5. The highest BCUT2D eigenvalue weighted by Crippen LogP contribution is 2.44. The lowest BCUT2D eigenvalue weighted by atomic mass is 9.98. The van der Waals surface area contributed by atoms with Gasteiger partial charge in [-0.1, -0.05) is 48.5 Å². The minimum atomic E-state index is -1.01. The van der Waals surface area contributed by atoms with Gasteiger partial charge in [-0.2, -0.15) is 5.26 Å². The number of hydrogen-bond donors (Lipinski definition) is 2. The minimum absolute atomic E-state index is 0.0231. The van der Waals surface area contributed by atoms with Crippen LogP contribution in [0.15, 0.2) is 48.5 Å². The average Bonchev–Trinajstić information content (AvgIpc) is 3.14. The number of hydrogen-bond acceptors (Lipinski definition) is 5. The summed E-state index contributed by atoms with van der Waals surface area (Å²) < 4.78 is 5.52. The van der Waals surface area contributed by atoms with Crippen LogP contribution in [0.2, 0.25) is 0 Å². The second-order valence-electron chi connectivity index (χ2n) is 7.98. The number of aliphatic carboxylic acids is 1. The van der Waals surface area contributed by atoms with Crippen LogP contribution >= 0.6 is 0 Å². The Bertz CT molecular complexity index is 1020. The number of rotatable bonds is 10. The summed E-state index contributed by atoms with van der Waals surface area (Å²) in [6.45, 7) is 0.142. The standard InChI is InChI=1S/C25H27N3O5/c1-28(15-13-23(29)30)24(31)22(12-6-7-14-26)27-25(32)33-16-21-19-10-4-2-8-17(19)18-9-3-5-11-20(18)21/h2-5,8-11,21-22H,6-7,12-13,15-16H2,1H3,(H,27,32)(H,29,30). The van der Waals surface area contributed by atoms with E-state index in [0.717, 1.165) is 22.3 Å². The number of carboxylic acid groups (broad SMARTS) is 1. The molecule has 0 fully saturated rings. The van der Waals surface area contributed by atoms with Crippen molar-refractivity contribution in [1.29, 1.82) is 5.26 Å². The van der Waals surface area contributed by atoms with Crippen LogP contribution in [0.1, 0.15) is 42.7 Å². The lowest BCUT2D eigenvalue weighted by Crippen LogP contribution is -2.48. The second-order valence-corrected chi connectivity index (χ2v) is 7.98. The first-order valence-corrected chi connectivity index (χ1v) is 10.9. The quantitative estimate of drug-likeness (QED) is 0.536. The molecule has 0 bridgehead atoms. The van der Waals surface area contributed by atoms with E-state index >= 15 is 0 Å². The van der Waals surface area contributed by atoms with E-state index in [4.69, 9.17) is 15.1 Å². The predicted octanol–water partition coefficient (Wildman–Crippen LogP) is 3.52. The monoisotopic (exact) mass is 449 g/mol. The van der Waals surface area contributed by atoms with Gasteiger partial charge in [0.2, 0.25) is 5.91 Å². The number of unbranched alkanes of at least 4 members (excludes halogenated alkanes) is 1. The van der Waals surface area contributed by atoms with Crippen molar-refractivity contribution in [2.75, 3.05) is 20.2 Å². The summed E-state index contributed by atoms with van der Waals surface area (Å²) in [5.41, 5.74) is 4.40. The number of nitrogens with one attached hydrogen (secondary N) is 1. The summed E-state index contributed by atoms with van der Waals surface area (Å²) in [5.74, 6) is -1.53. The van der Waals surface area contributed by atoms with Crippen LogP contribution in [-0.2, 0) is 14.3 Å². The molecule has 33 heavy (non-hydrogen) atoms. The molecule has 2 aromatic rings. The van der Waals surface area contributed by atoms with Gasteiger partial charge in [-0.05, 0) is 35.1 Å². The van der Waals surface area contributed by atoms with Crippen LogP contribution < -0.4 is 5.32 Å². The van der Waals surface area contributed by atoms with Crippen LogP contribution in [0.3, 0.4) is 0 Å². The largest absolute Gasteiger partial charge is 0.481 e. The number of carbonyl (C=O) groups excluding carboxylic acids is 2. The molecule has 0 heterocycles. The lowest BCUT2D eigenvalue weighted by molar-refractivity contribution is -0.138. The molecule has 0 radical (unpaired) electrons. The molecule has 8 nitrogen and oxygen atoms in total. The fourth-order valence-corrected chi connectivity index (χ4v) is 4.06. The molecule has 3 rings (SSSR count). The van der Waals surface area contributed by atoms with E-state index < -0.39 is 24.0 Å². The van der Waals surface area contributed by atoms with E-state index in [1.54, 1.807) is 0 Å². The molecule has 1 atom stereocenters. The van der Waals surface area contributed by atoms with E-state index in [0.29, 0.717) is 6.42 Å². The van der Waals surface area contributed by atoms with Gasteiger partial charge in [0.1, 0.15) is 12.6 Å². The molecule has 0 saturated carbocycles. The van der Waals surface area contributed by atoms with Crippen LogP contribution in [0.25, 0.3) is 11.1 Å². The zero-order valence-corrected chi connectivity index (χ0v) is 18.5. The van der Waals surface area contributed by atoms with Crippen molar-refractivity contribution in [1.82, 2.24) is 10.2 Å². The number of carbonyl (C=O) groups is 3. The average molecular weight is 450 g/mol. The number of fused-ring (bicyclic) bond motifs is 3. The summed E-state index contributed by atoms with van der Waals surface area (Å²) >= 11 is 0. The molecule has 2 amide bonds. The highest BCUT2D eigenvalue weighted by Gasteiger charge is 2.30. The third kappa shape index (κ3) is 5.89. The van der Waals surface area contributed by atoms with Crippen LogP contribution in [-0.4, -0.2) is 54.2 Å². The zero-order chi connectivity index (χ0) is 23.8. The smallest absolute Gasteiger partial charge is 0.407 e. The number of carboxylic acids is 1. The van der Waals surface area contributed by atoms with Crippen molar-refractivity contribution in [3.8, 4) is 17.2 Å². The first-order valence-electron chi connectivity index (χ1n) is 10.9. The Balaban J connectivity index is 1.65. The van der Waals surface area contributed by atoms with E-state index in [1.807, 2.05) is 54.6 Å². The van der Waals surface area contributed by atoms with Gasteiger partial charge in [-0.15, -0.1) is 0 Å². The Morgan fingerprint density at radius 2 is 1.73 bits per heavy atom. The zero-order valence-electron chi connectivity index (χ0n) is 18.5. The summed E-state index contributed by atoms with van der Waals surface area (Å²) in [5, 5.41) is 20.3. The van der Waals surface area contributed by atoms with Gasteiger partial charge in [-0.25, -0.2) is 4.79 Å². The molecule has 1 unspecified atom stereocenters. The van der Waals surface area contributed by atoms with E-state index in [1.165, 1.54) is 11.9 Å². The van der Waals surface area contributed by atoms with Gasteiger partial charge in [0.15, 0.2) is 0 Å². The Morgan fingerprint density at radius 3 is 2.30 bits per heavy atom. The maximum atomic E-state index is 12.8. The molecular weight excluding hydrogens is 422 g/mol. The van der Waals surface area contributed by atoms with Crippen LogP contribution in [0, 0.1) is 11.3 Å². The molecule has 172 valence electrons. The number of nitriles is 1. The fraction of sp³-hybridized carbons (Fsp3) is 0.360. The van der Waals surface area contributed by atoms with Crippen molar-refractivity contribution in [3.05, 3.63) is 59.7 Å². The number of benzene rings is 2. The Morgan fingerprint density at radius 1 is 1.12 bits per heavy atom. The third-order valence-electron chi connectivity index (χ3n) is 5.75. The molecule has 0 spiro atoms. The highest BCUT2D eigenvalue weighted by molar-refractivity contribution is 5.86. The number of alkyl carbamates (subject to hydrolysis) is 1. The lowest BCUT2D eigenvalue weighted by Gasteiger charge is -2.24. The van der Waals surface area contributed by atoms with E-state index in [-0.39, 0.29) is 38.3 Å². The number of amides is 2. The highest BCUT2D eigenvalue weighted by atomic mass is 16.5. The number of likely N-dealkylation sites (N-methyl/N-ethyl adjacent to an activating group) is 1. The first-order chi connectivity index (χ1) is 15.9. The Hall–Kier alpha value is -3.86. The van der Waals surface area contributed by atoms with Gasteiger partial charge in [0.25, 0.3) is 0 Å². The minimum Gasteiger partial charge on any atom is -0.481 e. The maximum Gasteiger partial charge on any atom is 0.407 e. The number of nitrogens with zero attached hydrogens (tertiary/aromatic N) is 2. The van der Waals surface area contributed by atoms with E-state index in [9.17, 15) is 14.4 Å². The predicted molar refractivity (Wildman–Crippen MR) is 121 cm³/mol. The Labute approximate surface area is 192 Å². The van der Waals surface area contributed by atoms with Gasteiger partial charge >= 0.3 is 12.1 Å².